The molecular weight excluding hydrogens is 518 g/mol. The largest absolute Gasteiger partial charge is 0.480 e. The Kier molecular flexibility index (Phi) is 11.8. The zero-order valence-corrected chi connectivity index (χ0v) is 23.3. The number of benzene rings is 3. The van der Waals surface area contributed by atoms with Gasteiger partial charge in [-0.3, -0.25) is 14.4 Å². The molecule has 3 rings (SSSR count). The van der Waals surface area contributed by atoms with Crippen molar-refractivity contribution in [1.82, 2.24) is 16.0 Å². The first kappa shape index (κ1) is 30.8. The van der Waals surface area contributed by atoms with E-state index in [1.54, 1.807) is 30.3 Å². The molecule has 41 heavy (non-hydrogen) atoms. The summed E-state index contributed by atoms with van der Waals surface area (Å²) in [5, 5.41) is 17.9. The van der Waals surface area contributed by atoms with Crippen LogP contribution in [0.2, 0.25) is 0 Å². The maximum atomic E-state index is 13.5. The average molecular weight is 556 g/mol. The molecule has 0 aliphatic heterocycles. The minimum Gasteiger partial charge on any atom is -0.480 e. The van der Waals surface area contributed by atoms with Gasteiger partial charge in [-0.1, -0.05) is 105 Å². The Morgan fingerprint density at radius 3 is 1.63 bits per heavy atom. The zero-order chi connectivity index (χ0) is 29.6. The fourth-order valence-electron chi connectivity index (χ4n) is 4.31. The third-order valence-electron chi connectivity index (χ3n) is 6.38. The summed E-state index contributed by atoms with van der Waals surface area (Å²) < 4.78 is 0. The Bertz CT molecular complexity index is 1310. The normalized spacial score (nSPS) is 13.2. The van der Waals surface area contributed by atoms with Crippen molar-refractivity contribution in [3.05, 3.63) is 114 Å². The standard InChI is InChI=1S/C33H37N3O5/c1-23(2)20-27(34-30(37)19-18-24-12-6-3-7-13-24)31(38)35-28(21-25-14-8-4-9-15-25)32(39)36-29(33(40)41)22-26-16-10-5-11-17-26/h3-19,23,27-29H,20-22H2,1-2H3,(H,34,37)(H,35,38)(H,36,39)(H,40,41)/b19-18+/t27-,28-,29-/m0/s1. The van der Waals surface area contributed by atoms with Crippen LogP contribution in [-0.4, -0.2) is 46.9 Å². The van der Waals surface area contributed by atoms with Gasteiger partial charge < -0.3 is 21.1 Å². The lowest BCUT2D eigenvalue weighted by molar-refractivity contribution is -0.142. The number of carboxylic acid groups (broad SMARTS) is 1. The van der Waals surface area contributed by atoms with Crippen molar-refractivity contribution in [3.63, 3.8) is 0 Å². The summed E-state index contributed by atoms with van der Waals surface area (Å²) in [7, 11) is 0. The molecule has 0 fully saturated rings. The minimum atomic E-state index is -1.19. The quantitative estimate of drug-likeness (QED) is 0.226. The van der Waals surface area contributed by atoms with Crippen LogP contribution in [0.25, 0.3) is 6.08 Å². The second-order valence-electron chi connectivity index (χ2n) is 10.3. The molecule has 4 N–H and O–H groups in total. The first-order valence-corrected chi connectivity index (χ1v) is 13.7. The summed E-state index contributed by atoms with van der Waals surface area (Å²) in [4.78, 5) is 51.6. The summed E-state index contributed by atoms with van der Waals surface area (Å²) in [6.45, 7) is 3.86. The van der Waals surface area contributed by atoms with E-state index in [9.17, 15) is 24.3 Å². The third-order valence-corrected chi connectivity index (χ3v) is 6.38. The van der Waals surface area contributed by atoms with Crippen LogP contribution >= 0.6 is 0 Å². The molecule has 8 heteroatoms. The van der Waals surface area contributed by atoms with Crippen LogP contribution in [0, 0.1) is 5.92 Å². The number of carbonyl (C=O) groups is 4. The van der Waals surface area contributed by atoms with Gasteiger partial charge in [0.05, 0.1) is 0 Å². The summed E-state index contributed by atoms with van der Waals surface area (Å²) >= 11 is 0. The molecule has 0 aliphatic carbocycles. The SMILES string of the molecule is CC(C)C[C@H](NC(=O)/C=C/c1ccccc1)C(=O)N[C@@H](Cc1ccccc1)C(=O)N[C@@H](Cc1ccccc1)C(=O)O. The summed E-state index contributed by atoms with van der Waals surface area (Å²) in [6.07, 6.45) is 3.61. The molecule has 3 atom stereocenters. The fraction of sp³-hybridized carbons (Fsp3) is 0.273. The van der Waals surface area contributed by atoms with Crippen LogP contribution in [0.15, 0.2) is 97.1 Å². The molecule has 0 spiro atoms. The van der Waals surface area contributed by atoms with Crippen molar-refractivity contribution in [2.24, 2.45) is 5.92 Å². The van der Waals surface area contributed by atoms with E-state index in [0.29, 0.717) is 6.42 Å². The molecule has 0 aromatic heterocycles. The molecule has 0 saturated carbocycles. The lowest BCUT2D eigenvalue weighted by Gasteiger charge is -2.25. The number of aliphatic carboxylic acids is 1. The van der Waals surface area contributed by atoms with Gasteiger partial charge in [-0.2, -0.15) is 0 Å². The van der Waals surface area contributed by atoms with E-state index in [4.69, 9.17) is 0 Å². The molecule has 0 saturated heterocycles. The highest BCUT2D eigenvalue weighted by atomic mass is 16.4. The monoisotopic (exact) mass is 555 g/mol. The van der Waals surface area contributed by atoms with Crippen LogP contribution < -0.4 is 16.0 Å². The molecule has 8 nitrogen and oxygen atoms in total. The van der Waals surface area contributed by atoms with E-state index in [-0.39, 0.29) is 18.8 Å². The van der Waals surface area contributed by atoms with E-state index in [2.05, 4.69) is 16.0 Å². The number of hydrogen-bond acceptors (Lipinski definition) is 4. The van der Waals surface area contributed by atoms with Crippen molar-refractivity contribution in [1.29, 1.82) is 0 Å². The van der Waals surface area contributed by atoms with E-state index >= 15 is 0 Å². The van der Waals surface area contributed by atoms with Crippen LogP contribution in [-0.2, 0) is 32.0 Å². The molecule has 0 radical (unpaired) electrons. The van der Waals surface area contributed by atoms with Crippen LogP contribution in [0.1, 0.15) is 37.0 Å². The molecule has 0 heterocycles. The van der Waals surface area contributed by atoms with Gasteiger partial charge in [0.1, 0.15) is 18.1 Å². The van der Waals surface area contributed by atoms with E-state index in [1.807, 2.05) is 80.6 Å². The first-order valence-electron chi connectivity index (χ1n) is 13.7. The molecule has 0 unspecified atom stereocenters. The molecule has 214 valence electrons. The number of rotatable bonds is 14. The second-order valence-corrected chi connectivity index (χ2v) is 10.3. The van der Waals surface area contributed by atoms with E-state index in [0.717, 1.165) is 16.7 Å². The third kappa shape index (κ3) is 10.8. The van der Waals surface area contributed by atoms with Gasteiger partial charge in [0.15, 0.2) is 0 Å². The predicted octanol–water partition coefficient (Wildman–Crippen LogP) is 3.77. The Labute approximate surface area is 240 Å². The van der Waals surface area contributed by atoms with Gasteiger partial charge in [0.2, 0.25) is 17.7 Å². The van der Waals surface area contributed by atoms with Crippen LogP contribution in [0.3, 0.4) is 0 Å². The summed E-state index contributed by atoms with van der Waals surface area (Å²) in [6, 6.07) is 24.3. The molecule has 3 aromatic rings. The molecule has 0 bridgehead atoms. The highest BCUT2D eigenvalue weighted by Gasteiger charge is 2.30. The van der Waals surface area contributed by atoms with Crippen LogP contribution in [0.4, 0.5) is 0 Å². The molecule has 0 aliphatic rings. The van der Waals surface area contributed by atoms with Gasteiger partial charge >= 0.3 is 5.97 Å². The van der Waals surface area contributed by atoms with Gasteiger partial charge in [-0.05, 0) is 35.1 Å². The highest BCUT2D eigenvalue weighted by Crippen LogP contribution is 2.10. The smallest absolute Gasteiger partial charge is 0.326 e. The van der Waals surface area contributed by atoms with Crippen LogP contribution in [0.5, 0.6) is 0 Å². The van der Waals surface area contributed by atoms with Crippen molar-refractivity contribution in [2.75, 3.05) is 0 Å². The lowest BCUT2D eigenvalue weighted by Crippen LogP contribution is -2.56. The Balaban J connectivity index is 1.76. The van der Waals surface area contributed by atoms with Gasteiger partial charge in [-0.15, -0.1) is 0 Å². The fourth-order valence-corrected chi connectivity index (χ4v) is 4.31. The average Bonchev–Trinajstić information content (AvgIpc) is 2.96. The number of carboxylic acids is 1. The summed E-state index contributed by atoms with van der Waals surface area (Å²) in [5.74, 6) is -2.68. The maximum absolute atomic E-state index is 13.5. The van der Waals surface area contributed by atoms with Gasteiger partial charge in [0, 0.05) is 18.9 Å². The first-order chi connectivity index (χ1) is 19.7. The van der Waals surface area contributed by atoms with Gasteiger partial charge in [0.25, 0.3) is 0 Å². The minimum absolute atomic E-state index is 0.0767. The van der Waals surface area contributed by atoms with E-state index in [1.165, 1.54) is 6.08 Å². The Morgan fingerprint density at radius 2 is 1.12 bits per heavy atom. The molecule has 3 amide bonds. The topological polar surface area (TPSA) is 125 Å². The number of hydrogen-bond donors (Lipinski definition) is 4. The summed E-state index contributed by atoms with van der Waals surface area (Å²) in [5.41, 5.74) is 2.39. The van der Waals surface area contributed by atoms with Gasteiger partial charge in [-0.25, -0.2) is 4.79 Å². The maximum Gasteiger partial charge on any atom is 0.326 e. The Hall–Kier alpha value is -4.72. The highest BCUT2D eigenvalue weighted by molar-refractivity contribution is 5.97. The lowest BCUT2D eigenvalue weighted by atomic mass is 10.0. The van der Waals surface area contributed by atoms with Crippen molar-refractivity contribution >= 4 is 29.8 Å². The number of amides is 3. The van der Waals surface area contributed by atoms with Crippen molar-refractivity contribution in [2.45, 2.75) is 51.2 Å². The molecule has 3 aromatic carbocycles. The predicted molar refractivity (Wildman–Crippen MR) is 159 cm³/mol. The second kappa shape index (κ2) is 15.8. The zero-order valence-electron chi connectivity index (χ0n) is 23.3. The number of carbonyl (C=O) groups excluding carboxylic acids is 3. The number of nitrogens with one attached hydrogen (secondary N) is 3. The molecular formula is C33H37N3O5. The van der Waals surface area contributed by atoms with E-state index < -0.39 is 41.8 Å². The van der Waals surface area contributed by atoms with Crippen molar-refractivity contribution in [3.8, 4) is 0 Å². The Morgan fingerprint density at radius 1 is 0.659 bits per heavy atom. The van der Waals surface area contributed by atoms with Crippen molar-refractivity contribution < 1.29 is 24.3 Å².